The number of benzene rings is 1. The van der Waals surface area contributed by atoms with Gasteiger partial charge in [-0.3, -0.25) is 4.98 Å². The minimum atomic E-state index is -0.483. The van der Waals surface area contributed by atoms with Gasteiger partial charge in [0, 0.05) is 17.9 Å². The zero-order valence-corrected chi connectivity index (χ0v) is 22.8. The van der Waals surface area contributed by atoms with E-state index in [4.69, 9.17) is 10.5 Å². The minimum absolute atomic E-state index is 0.394. The summed E-state index contributed by atoms with van der Waals surface area (Å²) in [4.78, 5) is 16.0. The van der Waals surface area contributed by atoms with Gasteiger partial charge in [0.2, 0.25) is 0 Å². The number of nitrogens with zero attached hydrogens (tertiary/aromatic N) is 1. The van der Waals surface area contributed by atoms with E-state index >= 15 is 0 Å². The van der Waals surface area contributed by atoms with E-state index in [1.54, 1.807) is 0 Å². The highest BCUT2D eigenvalue weighted by molar-refractivity contribution is 5.74. The predicted molar refractivity (Wildman–Crippen MR) is 147 cm³/mol. The molecule has 2 rings (SSSR count). The van der Waals surface area contributed by atoms with Crippen LogP contribution in [0.2, 0.25) is 0 Å². The predicted octanol–water partition coefficient (Wildman–Crippen LogP) is 7.48. The quantitative estimate of drug-likeness (QED) is 0.365. The molecule has 0 fully saturated rings. The Hall–Kier alpha value is -3.02. The number of rotatable bonds is 7. The molecule has 1 aromatic carbocycles. The number of amides is 1. The summed E-state index contributed by atoms with van der Waals surface area (Å²) in [7, 11) is 0. The van der Waals surface area contributed by atoms with Gasteiger partial charge in [-0.15, -0.1) is 6.58 Å². The number of nitrogens with two attached hydrogens (primary N) is 1. The van der Waals surface area contributed by atoms with Crippen LogP contribution in [0.25, 0.3) is 0 Å². The van der Waals surface area contributed by atoms with E-state index in [0.29, 0.717) is 12.2 Å². The van der Waals surface area contributed by atoms with Gasteiger partial charge in [-0.05, 0) is 78.1 Å². The number of nitrogens with one attached hydrogen (secondary N) is 2. The average Bonchev–Trinajstić information content (AvgIpc) is 2.73. The molecule has 0 radical (unpaired) electrons. The minimum Gasteiger partial charge on any atom is -0.444 e. The van der Waals surface area contributed by atoms with Gasteiger partial charge in [0.1, 0.15) is 5.60 Å². The molecule has 0 aliphatic heterocycles. The number of carbonyl (C=O) groups excluding carboxylic acids is 1. The van der Waals surface area contributed by atoms with Crippen LogP contribution in [0.5, 0.6) is 0 Å². The molecule has 4 N–H and O–H groups in total. The summed E-state index contributed by atoms with van der Waals surface area (Å²) in [6, 6.07) is 9.97. The number of anilines is 3. The van der Waals surface area contributed by atoms with Crippen LogP contribution in [0.4, 0.5) is 21.9 Å². The largest absolute Gasteiger partial charge is 0.444 e. The van der Waals surface area contributed by atoms with Gasteiger partial charge in [0.25, 0.3) is 0 Å². The molecule has 0 aliphatic carbocycles. The van der Waals surface area contributed by atoms with E-state index in [2.05, 4.69) is 36.0 Å². The number of carbonyl (C=O) groups is 1. The van der Waals surface area contributed by atoms with Gasteiger partial charge in [0.05, 0.1) is 17.1 Å². The van der Waals surface area contributed by atoms with Crippen molar-refractivity contribution in [3.8, 4) is 0 Å². The Morgan fingerprint density at radius 3 is 2.21 bits per heavy atom. The molecule has 190 valence electrons. The first-order valence-corrected chi connectivity index (χ1v) is 12.1. The Kier molecular flexibility index (Phi) is 14.4. The summed E-state index contributed by atoms with van der Waals surface area (Å²) in [6.07, 6.45) is 2.75. The maximum absolute atomic E-state index is 11.6. The molecule has 34 heavy (non-hydrogen) atoms. The number of allylic oxidation sites excluding steroid dienone is 1. The highest BCUT2D eigenvalue weighted by Crippen LogP contribution is 2.26. The number of hydrogen-bond acceptors (Lipinski definition) is 5. The fraction of sp³-hybridized carbons (Fsp3) is 0.500. The molecule has 0 unspecified atom stereocenters. The van der Waals surface area contributed by atoms with Gasteiger partial charge in [-0.25, -0.2) is 4.79 Å². The van der Waals surface area contributed by atoms with E-state index in [0.717, 1.165) is 34.7 Å². The fourth-order valence-corrected chi connectivity index (χ4v) is 2.90. The van der Waals surface area contributed by atoms with Crippen LogP contribution >= 0.6 is 0 Å². The zero-order chi connectivity index (χ0) is 26.3. The van der Waals surface area contributed by atoms with E-state index in [9.17, 15) is 4.79 Å². The molecule has 6 heteroatoms. The summed E-state index contributed by atoms with van der Waals surface area (Å²) in [5.41, 5.74) is 12.2. The van der Waals surface area contributed by atoms with Crippen LogP contribution in [0.15, 0.2) is 42.5 Å². The Morgan fingerprint density at radius 2 is 1.74 bits per heavy atom. The lowest BCUT2D eigenvalue weighted by atomic mass is 10.1. The number of pyridine rings is 1. The number of aryl methyl sites for hydroxylation is 2. The Morgan fingerprint density at radius 1 is 1.15 bits per heavy atom. The maximum atomic E-state index is 11.6. The van der Waals surface area contributed by atoms with Crippen LogP contribution in [-0.4, -0.2) is 23.2 Å². The SMILES string of the molecule is C=C(C)CCC.CC.Cc1cc(Nc2ccc(CCNC(=O)OC(C)(C)C)cc2)c(N)c(C)n1. The third kappa shape index (κ3) is 13.5. The van der Waals surface area contributed by atoms with Crippen molar-refractivity contribution in [1.29, 1.82) is 0 Å². The summed E-state index contributed by atoms with van der Waals surface area (Å²) in [5.74, 6) is 0. The highest BCUT2D eigenvalue weighted by atomic mass is 16.6. The molecule has 0 saturated carbocycles. The Labute approximate surface area is 207 Å². The van der Waals surface area contributed by atoms with Crippen molar-refractivity contribution in [2.24, 2.45) is 0 Å². The number of hydrogen-bond donors (Lipinski definition) is 3. The van der Waals surface area contributed by atoms with Crippen LogP contribution < -0.4 is 16.4 Å². The van der Waals surface area contributed by atoms with Crippen molar-refractivity contribution in [1.82, 2.24) is 10.3 Å². The van der Waals surface area contributed by atoms with Gasteiger partial charge in [-0.1, -0.05) is 44.9 Å². The van der Waals surface area contributed by atoms with Crippen molar-refractivity contribution in [2.75, 3.05) is 17.6 Å². The number of ether oxygens (including phenoxy) is 1. The summed E-state index contributed by atoms with van der Waals surface area (Å²) in [5, 5.41) is 6.09. The van der Waals surface area contributed by atoms with Crippen molar-refractivity contribution >= 4 is 23.2 Å². The van der Waals surface area contributed by atoms with E-state index < -0.39 is 11.7 Å². The molecule has 1 aromatic heterocycles. The van der Waals surface area contributed by atoms with Gasteiger partial charge < -0.3 is 21.1 Å². The lowest BCUT2D eigenvalue weighted by molar-refractivity contribution is 0.0528. The molecular weight excluding hydrogens is 424 g/mol. The standard InChI is InChI=1S/C20H28N4O2.C6H12.C2H6/c1-13-12-17(18(21)14(2)23-13)24-16-8-6-15(7-9-16)10-11-22-19(25)26-20(3,4)5;1-4-5-6(2)3;1-2/h6-9,12H,10-11,21H2,1-5H3,(H,22,25)(H,23,24);2,4-5H2,1,3H3;1-2H3. The van der Waals surface area contributed by atoms with Gasteiger partial charge >= 0.3 is 6.09 Å². The molecule has 0 aliphatic rings. The summed E-state index contributed by atoms with van der Waals surface area (Å²) >= 11 is 0. The van der Waals surface area contributed by atoms with E-state index in [1.807, 2.05) is 78.8 Å². The number of aromatic nitrogens is 1. The molecule has 2 aromatic rings. The van der Waals surface area contributed by atoms with Crippen LogP contribution in [0.3, 0.4) is 0 Å². The molecule has 0 bridgehead atoms. The van der Waals surface area contributed by atoms with Crippen molar-refractivity contribution in [2.45, 2.75) is 87.2 Å². The first kappa shape index (κ1) is 31.0. The summed E-state index contributed by atoms with van der Waals surface area (Å²) < 4.78 is 5.21. The van der Waals surface area contributed by atoms with Crippen LogP contribution in [0, 0.1) is 13.8 Å². The normalized spacial score (nSPS) is 10.1. The number of nitrogen functional groups attached to an aromatic ring is 1. The third-order valence-electron chi connectivity index (χ3n) is 4.37. The third-order valence-corrected chi connectivity index (χ3v) is 4.37. The topological polar surface area (TPSA) is 89.3 Å². The molecule has 1 heterocycles. The Bertz CT molecular complexity index is 885. The van der Waals surface area contributed by atoms with Crippen LogP contribution in [0.1, 0.15) is 78.3 Å². The molecule has 0 atom stereocenters. The van der Waals surface area contributed by atoms with Crippen molar-refractivity contribution < 1.29 is 9.53 Å². The second-order valence-electron chi connectivity index (χ2n) is 9.02. The second kappa shape index (κ2) is 15.8. The first-order chi connectivity index (χ1) is 15.9. The smallest absolute Gasteiger partial charge is 0.407 e. The lowest BCUT2D eigenvalue weighted by Gasteiger charge is -2.19. The maximum Gasteiger partial charge on any atom is 0.407 e. The van der Waals surface area contributed by atoms with Crippen LogP contribution in [-0.2, 0) is 11.2 Å². The molecule has 6 nitrogen and oxygen atoms in total. The van der Waals surface area contributed by atoms with Crippen molar-refractivity contribution in [3.05, 3.63) is 59.4 Å². The van der Waals surface area contributed by atoms with E-state index in [-0.39, 0.29) is 0 Å². The zero-order valence-electron chi connectivity index (χ0n) is 22.8. The van der Waals surface area contributed by atoms with E-state index in [1.165, 1.54) is 18.4 Å². The second-order valence-corrected chi connectivity index (χ2v) is 9.02. The highest BCUT2D eigenvalue weighted by Gasteiger charge is 2.15. The first-order valence-electron chi connectivity index (χ1n) is 12.1. The summed E-state index contributed by atoms with van der Waals surface area (Å²) in [6.45, 7) is 21.9. The lowest BCUT2D eigenvalue weighted by Crippen LogP contribution is -2.33. The molecule has 1 amide bonds. The molecular formula is C28H46N4O2. The monoisotopic (exact) mass is 470 g/mol. The fourth-order valence-electron chi connectivity index (χ4n) is 2.90. The van der Waals surface area contributed by atoms with Gasteiger partial charge in [0.15, 0.2) is 0 Å². The average molecular weight is 471 g/mol. The number of alkyl carbamates (subject to hydrolysis) is 1. The molecule has 0 saturated heterocycles. The van der Waals surface area contributed by atoms with Crippen molar-refractivity contribution in [3.63, 3.8) is 0 Å². The van der Waals surface area contributed by atoms with Gasteiger partial charge in [-0.2, -0.15) is 0 Å². The molecule has 0 spiro atoms. The Balaban J connectivity index is 0.00000118.